The number of methoxy groups -OCH3 is 1. The highest BCUT2D eigenvalue weighted by molar-refractivity contribution is 6.12. The van der Waals surface area contributed by atoms with Crippen LogP contribution in [0.25, 0.3) is 16.3 Å². The average Bonchev–Trinajstić information content (AvgIpc) is 2.77. The second-order valence-corrected chi connectivity index (χ2v) is 9.46. The van der Waals surface area contributed by atoms with E-state index in [-0.39, 0.29) is 17.2 Å². The first-order chi connectivity index (χ1) is 15.4. The molecule has 3 aromatic carbocycles. The molecule has 164 valence electrons. The SMILES string of the molecule is CCOc1cc([C@@H]2Nc3ccc4ccccc4c3C3=C2C(=O)CC(C)(C)C3)ccc1OC. The molecule has 0 radical (unpaired) electrons. The Morgan fingerprint density at radius 3 is 2.62 bits per heavy atom. The molecule has 1 N–H and O–H groups in total. The molecule has 32 heavy (non-hydrogen) atoms. The number of anilines is 1. The number of ketones is 1. The summed E-state index contributed by atoms with van der Waals surface area (Å²) in [5.41, 5.74) is 5.26. The summed E-state index contributed by atoms with van der Waals surface area (Å²) in [6.07, 6.45) is 1.43. The van der Waals surface area contributed by atoms with Gasteiger partial charge in [0.25, 0.3) is 0 Å². The standard InChI is InChI=1S/C28H29NO3/c1-5-32-24-14-18(11-13-23(24)31-4)27-26-20(15-28(2,3)16-22(26)30)25-19-9-7-6-8-17(19)10-12-21(25)29-27/h6-14,27,29H,5,15-16H2,1-4H3/t27-/m0/s1. The van der Waals surface area contributed by atoms with Gasteiger partial charge in [0.1, 0.15) is 0 Å². The van der Waals surface area contributed by atoms with Crippen LogP contribution in [0.1, 0.15) is 50.8 Å². The lowest BCUT2D eigenvalue weighted by molar-refractivity contribution is -0.118. The molecule has 3 aromatic rings. The van der Waals surface area contributed by atoms with Crippen molar-refractivity contribution in [1.82, 2.24) is 0 Å². The van der Waals surface area contributed by atoms with Gasteiger partial charge in [0, 0.05) is 23.2 Å². The zero-order valence-corrected chi connectivity index (χ0v) is 19.1. The number of allylic oxidation sites excluding steroid dienone is 1. The topological polar surface area (TPSA) is 47.6 Å². The Morgan fingerprint density at radius 2 is 1.84 bits per heavy atom. The molecule has 0 aromatic heterocycles. The lowest BCUT2D eigenvalue weighted by atomic mass is 9.68. The Morgan fingerprint density at radius 1 is 1.03 bits per heavy atom. The maximum Gasteiger partial charge on any atom is 0.162 e. The van der Waals surface area contributed by atoms with Gasteiger partial charge in [-0.25, -0.2) is 0 Å². The van der Waals surface area contributed by atoms with E-state index in [0.29, 0.717) is 24.5 Å². The van der Waals surface area contributed by atoms with Crippen molar-refractivity contribution < 1.29 is 14.3 Å². The molecule has 1 heterocycles. The van der Waals surface area contributed by atoms with Gasteiger partial charge in [-0.2, -0.15) is 0 Å². The number of carbonyl (C=O) groups is 1. The van der Waals surface area contributed by atoms with Gasteiger partial charge in [-0.1, -0.05) is 50.2 Å². The molecule has 1 aliphatic carbocycles. The van der Waals surface area contributed by atoms with Crippen LogP contribution in [0, 0.1) is 5.41 Å². The minimum Gasteiger partial charge on any atom is -0.493 e. The second-order valence-electron chi connectivity index (χ2n) is 9.46. The maximum atomic E-state index is 13.6. The summed E-state index contributed by atoms with van der Waals surface area (Å²) in [4.78, 5) is 13.6. The lowest BCUT2D eigenvalue weighted by Gasteiger charge is -2.40. The van der Waals surface area contributed by atoms with E-state index < -0.39 is 0 Å². The number of hydrogen-bond acceptors (Lipinski definition) is 4. The van der Waals surface area contributed by atoms with Crippen molar-refractivity contribution >= 4 is 27.8 Å². The molecule has 0 unspecified atom stereocenters. The summed E-state index contributed by atoms with van der Waals surface area (Å²) in [5, 5.41) is 6.08. The van der Waals surface area contributed by atoms with Crippen LogP contribution in [0.2, 0.25) is 0 Å². The normalized spacial score (nSPS) is 19.2. The van der Waals surface area contributed by atoms with Crippen LogP contribution in [0.3, 0.4) is 0 Å². The first kappa shape index (κ1) is 20.6. The Kier molecular flexibility index (Phi) is 4.96. The van der Waals surface area contributed by atoms with Crippen molar-refractivity contribution in [1.29, 1.82) is 0 Å². The number of ether oxygens (including phenoxy) is 2. The van der Waals surface area contributed by atoms with Crippen molar-refractivity contribution in [3.63, 3.8) is 0 Å². The zero-order valence-electron chi connectivity index (χ0n) is 19.1. The summed E-state index contributed by atoms with van der Waals surface area (Å²) >= 11 is 0. The summed E-state index contributed by atoms with van der Waals surface area (Å²) in [6, 6.07) is 18.5. The summed E-state index contributed by atoms with van der Waals surface area (Å²) in [6.45, 7) is 6.89. The molecule has 1 atom stereocenters. The highest BCUT2D eigenvalue weighted by atomic mass is 16.5. The van der Waals surface area contributed by atoms with Gasteiger partial charge in [-0.3, -0.25) is 4.79 Å². The van der Waals surface area contributed by atoms with Crippen LogP contribution < -0.4 is 14.8 Å². The molecule has 0 spiro atoms. The van der Waals surface area contributed by atoms with Crippen LogP contribution in [-0.4, -0.2) is 19.5 Å². The van der Waals surface area contributed by atoms with Crippen molar-refractivity contribution in [2.45, 2.75) is 39.7 Å². The third kappa shape index (κ3) is 3.35. The molecule has 0 fully saturated rings. The van der Waals surface area contributed by atoms with Gasteiger partial charge in [-0.05, 0) is 58.9 Å². The van der Waals surface area contributed by atoms with E-state index in [2.05, 4.69) is 55.6 Å². The Balaban J connectivity index is 1.74. The van der Waals surface area contributed by atoms with Crippen LogP contribution in [-0.2, 0) is 4.79 Å². The highest BCUT2D eigenvalue weighted by Gasteiger charge is 2.41. The predicted octanol–water partition coefficient (Wildman–Crippen LogP) is 6.56. The van der Waals surface area contributed by atoms with E-state index >= 15 is 0 Å². The Hall–Kier alpha value is -3.27. The fourth-order valence-electron chi connectivity index (χ4n) is 5.23. The fraction of sp³-hybridized carbons (Fsp3) is 0.321. The smallest absolute Gasteiger partial charge is 0.162 e. The first-order valence-electron chi connectivity index (χ1n) is 11.3. The van der Waals surface area contributed by atoms with Crippen LogP contribution in [0.4, 0.5) is 5.69 Å². The molecule has 0 amide bonds. The molecule has 0 saturated carbocycles. The monoisotopic (exact) mass is 427 g/mol. The van der Waals surface area contributed by atoms with Crippen molar-refractivity contribution in [3.8, 4) is 11.5 Å². The van der Waals surface area contributed by atoms with E-state index in [9.17, 15) is 4.79 Å². The van der Waals surface area contributed by atoms with E-state index in [0.717, 1.165) is 23.2 Å². The zero-order chi connectivity index (χ0) is 22.5. The Labute approximate surface area is 189 Å². The van der Waals surface area contributed by atoms with E-state index in [1.54, 1.807) is 7.11 Å². The average molecular weight is 428 g/mol. The Bertz CT molecular complexity index is 1250. The minimum absolute atomic E-state index is 0.0671. The quantitative estimate of drug-likeness (QED) is 0.512. The van der Waals surface area contributed by atoms with Crippen LogP contribution >= 0.6 is 0 Å². The minimum atomic E-state index is -0.215. The van der Waals surface area contributed by atoms with Crippen molar-refractivity contribution in [3.05, 3.63) is 71.3 Å². The lowest BCUT2D eigenvalue weighted by Crippen LogP contribution is -2.33. The summed E-state index contributed by atoms with van der Waals surface area (Å²) < 4.78 is 11.3. The van der Waals surface area contributed by atoms with Crippen LogP contribution in [0.15, 0.2) is 60.2 Å². The summed E-state index contributed by atoms with van der Waals surface area (Å²) in [7, 11) is 1.64. The molecular formula is C28H29NO3. The van der Waals surface area contributed by atoms with Gasteiger partial charge in [0.2, 0.25) is 0 Å². The number of fused-ring (bicyclic) bond motifs is 4. The highest BCUT2D eigenvalue weighted by Crippen LogP contribution is 2.52. The largest absolute Gasteiger partial charge is 0.493 e. The van der Waals surface area contributed by atoms with Gasteiger partial charge in [0.15, 0.2) is 17.3 Å². The predicted molar refractivity (Wildman–Crippen MR) is 129 cm³/mol. The molecular weight excluding hydrogens is 398 g/mol. The molecule has 2 aliphatic rings. The third-order valence-corrected chi connectivity index (χ3v) is 6.56. The molecule has 4 nitrogen and oxygen atoms in total. The van der Waals surface area contributed by atoms with Gasteiger partial charge in [0.05, 0.1) is 19.8 Å². The van der Waals surface area contributed by atoms with Gasteiger partial charge < -0.3 is 14.8 Å². The number of carbonyl (C=O) groups excluding carboxylic acids is 1. The second kappa shape index (κ2) is 7.70. The molecule has 1 aliphatic heterocycles. The molecule has 5 rings (SSSR count). The number of Topliss-reactive ketones (excluding diaryl/α,β-unsaturated/α-hetero) is 1. The number of hydrogen-bond donors (Lipinski definition) is 1. The van der Waals surface area contributed by atoms with Gasteiger partial charge >= 0.3 is 0 Å². The molecule has 4 heteroatoms. The fourth-order valence-corrected chi connectivity index (χ4v) is 5.23. The number of nitrogens with one attached hydrogen (secondary N) is 1. The first-order valence-corrected chi connectivity index (χ1v) is 11.3. The van der Waals surface area contributed by atoms with Crippen molar-refractivity contribution in [2.75, 3.05) is 19.0 Å². The van der Waals surface area contributed by atoms with Crippen LogP contribution in [0.5, 0.6) is 11.5 Å². The number of benzene rings is 3. The third-order valence-electron chi connectivity index (χ3n) is 6.56. The molecule has 0 saturated heterocycles. The summed E-state index contributed by atoms with van der Waals surface area (Å²) in [5.74, 6) is 1.62. The van der Waals surface area contributed by atoms with E-state index in [1.807, 2.05) is 25.1 Å². The van der Waals surface area contributed by atoms with E-state index in [1.165, 1.54) is 21.9 Å². The number of rotatable bonds is 4. The van der Waals surface area contributed by atoms with Crippen molar-refractivity contribution in [2.24, 2.45) is 5.41 Å². The maximum absolute atomic E-state index is 13.6. The van der Waals surface area contributed by atoms with Gasteiger partial charge in [-0.15, -0.1) is 0 Å². The van der Waals surface area contributed by atoms with E-state index in [4.69, 9.17) is 9.47 Å². The molecule has 0 bridgehead atoms.